The molecule has 134 valence electrons. The van der Waals surface area contributed by atoms with Crippen molar-refractivity contribution in [2.45, 2.75) is 32.0 Å². The lowest BCUT2D eigenvalue weighted by Gasteiger charge is -2.37. The van der Waals surface area contributed by atoms with E-state index in [0.717, 1.165) is 26.1 Å². The van der Waals surface area contributed by atoms with Gasteiger partial charge in [-0.05, 0) is 12.0 Å². The molecule has 1 fully saturated rings. The predicted octanol–water partition coefficient (Wildman–Crippen LogP) is 2.51. The maximum absolute atomic E-state index is 11.6. The molecule has 2 atom stereocenters. The predicted molar refractivity (Wildman–Crippen MR) is 99.0 cm³/mol. The van der Waals surface area contributed by atoms with E-state index in [1.165, 1.54) is 11.8 Å². The topological polar surface area (TPSA) is 70.2 Å². The van der Waals surface area contributed by atoms with Crippen molar-refractivity contribution in [3.8, 4) is 0 Å². The standard InChI is InChI=1S/C18H23ClN4O2/c1-2-14(21-15-10-20-22-18(24)17(15)19)16-12-23(8-9-25-16)11-13-6-4-3-5-7-13/h3-7,10,14,16H,2,8-9,11-12H2,1H3,(H2,21,22,24). The Hall–Kier alpha value is -1.89. The molecule has 25 heavy (non-hydrogen) atoms. The zero-order chi connectivity index (χ0) is 17.6. The van der Waals surface area contributed by atoms with Gasteiger partial charge in [0.15, 0.2) is 0 Å². The summed E-state index contributed by atoms with van der Waals surface area (Å²) < 4.78 is 5.99. The van der Waals surface area contributed by atoms with E-state index in [4.69, 9.17) is 16.3 Å². The third-order valence-corrected chi connectivity index (χ3v) is 4.83. The maximum atomic E-state index is 11.6. The zero-order valence-electron chi connectivity index (χ0n) is 14.2. The molecule has 6 nitrogen and oxygen atoms in total. The van der Waals surface area contributed by atoms with Crippen LogP contribution in [0.1, 0.15) is 18.9 Å². The number of rotatable bonds is 6. The number of nitrogens with zero attached hydrogens (tertiary/aromatic N) is 2. The Labute approximate surface area is 152 Å². The lowest BCUT2D eigenvalue weighted by molar-refractivity contribution is -0.0402. The fraction of sp³-hybridized carbons (Fsp3) is 0.444. The Balaban J connectivity index is 1.66. The Bertz CT molecular complexity index is 737. The molecule has 1 aliphatic heterocycles. The van der Waals surface area contributed by atoms with Gasteiger partial charge in [0.05, 0.1) is 30.6 Å². The third kappa shape index (κ3) is 4.60. The molecule has 0 radical (unpaired) electrons. The molecule has 2 heterocycles. The first-order valence-corrected chi connectivity index (χ1v) is 8.92. The Kier molecular flexibility index (Phi) is 6.07. The van der Waals surface area contributed by atoms with Crippen LogP contribution in [0.4, 0.5) is 5.69 Å². The van der Waals surface area contributed by atoms with Crippen LogP contribution in [0, 0.1) is 0 Å². The van der Waals surface area contributed by atoms with Gasteiger partial charge in [-0.2, -0.15) is 5.10 Å². The number of ether oxygens (including phenoxy) is 1. The molecule has 0 saturated carbocycles. The number of hydrogen-bond donors (Lipinski definition) is 2. The fourth-order valence-electron chi connectivity index (χ4n) is 3.10. The average Bonchev–Trinajstić information content (AvgIpc) is 2.64. The summed E-state index contributed by atoms with van der Waals surface area (Å²) in [6, 6.07) is 10.5. The van der Waals surface area contributed by atoms with E-state index in [2.05, 4.69) is 51.6 Å². The van der Waals surface area contributed by atoms with Gasteiger partial charge in [-0.3, -0.25) is 9.69 Å². The van der Waals surface area contributed by atoms with Crippen molar-refractivity contribution in [3.63, 3.8) is 0 Å². The minimum Gasteiger partial charge on any atom is -0.377 e. The second-order valence-electron chi connectivity index (χ2n) is 6.22. The van der Waals surface area contributed by atoms with Crippen molar-refractivity contribution in [1.29, 1.82) is 0 Å². The molecule has 0 aliphatic carbocycles. The van der Waals surface area contributed by atoms with Crippen LogP contribution >= 0.6 is 11.6 Å². The summed E-state index contributed by atoms with van der Waals surface area (Å²) in [5.41, 5.74) is 1.45. The molecule has 0 spiro atoms. The molecule has 2 N–H and O–H groups in total. The van der Waals surface area contributed by atoms with Crippen LogP contribution in [-0.4, -0.2) is 46.9 Å². The van der Waals surface area contributed by atoms with Crippen molar-refractivity contribution in [2.75, 3.05) is 25.0 Å². The molecule has 0 bridgehead atoms. The van der Waals surface area contributed by atoms with Crippen LogP contribution in [0.15, 0.2) is 41.3 Å². The highest BCUT2D eigenvalue weighted by Crippen LogP contribution is 2.21. The van der Waals surface area contributed by atoms with Gasteiger partial charge in [-0.25, -0.2) is 5.10 Å². The summed E-state index contributed by atoms with van der Waals surface area (Å²) in [6.07, 6.45) is 2.42. The van der Waals surface area contributed by atoms with Crippen LogP contribution < -0.4 is 10.9 Å². The second kappa shape index (κ2) is 8.47. The summed E-state index contributed by atoms with van der Waals surface area (Å²) in [7, 11) is 0. The molecule has 1 aliphatic rings. The van der Waals surface area contributed by atoms with Crippen LogP contribution in [0.2, 0.25) is 5.02 Å². The molecule has 2 aromatic rings. The van der Waals surface area contributed by atoms with Crippen LogP contribution in [0.5, 0.6) is 0 Å². The van der Waals surface area contributed by atoms with Crippen molar-refractivity contribution < 1.29 is 4.74 Å². The third-order valence-electron chi connectivity index (χ3n) is 4.45. The summed E-state index contributed by atoms with van der Waals surface area (Å²) in [4.78, 5) is 14.0. The number of anilines is 1. The highest BCUT2D eigenvalue weighted by atomic mass is 35.5. The molecule has 1 aromatic heterocycles. The zero-order valence-corrected chi connectivity index (χ0v) is 15.0. The van der Waals surface area contributed by atoms with Gasteiger partial charge in [-0.15, -0.1) is 0 Å². The van der Waals surface area contributed by atoms with Gasteiger partial charge in [-0.1, -0.05) is 48.9 Å². The maximum Gasteiger partial charge on any atom is 0.285 e. The van der Waals surface area contributed by atoms with E-state index in [1.807, 2.05) is 6.07 Å². The number of benzene rings is 1. The Morgan fingerprint density at radius 2 is 2.24 bits per heavy atom. The van der Waals surface area contributed by atoms with Crippen molar-refractivity contribution in [3.05, 3.63) is 57.5 Å². The van der Waals surface area contributed by atoms with Gasteiger partial charge >= 0.3 is 0 Å². The first kappa shape index (κ1) is 17.9. The molecular weight excluding hydrogens is 340 g/mol. The largest absolute Gasteiger partial charge is 0.377 e. The Morgan fingerprint density at radius 3 is 3.00 bits per heavy atom. The first-order valence-electron chi connectivity index (χ1n) is 8.55. The molecule has 1 aromatic carbocycles. The van der Waals surface area contributed by atoms with Crippen LogP contribution in [0.25, 0.3) is 0 Å². The van der Waals surface area contributed by atoms with Crippen molar-refractivity contribution in [2.24, 2.45) is 0 Å². The number of aromatic amines is 1. The molecular formula is C18H23ClN4O2. The van der Waals surface area contributed by atoms with Crippen molar-refractivity contribution >= 4 is 17.3 Å². The second-order valence-corrected chi connectivity index (χ2v) is 6.59. The highest BCUT2D eigenvalue weighted by molar-refractivity contribution is 6.32. The number of H-pyrrole nitrogens is 1. The minimum atomic E-state index is -0.392. The number of hydrogen-bond acceptors (Lipinski definition) is 5. The molecule has 7 heteroatoms. The number of halogens is 1. The quantitative estimate of drug-likeness (QED) is 0.826. The SMILES string of the molecule is CCC(Nc1cn[nH]c(=O)c1Cl)C1CN(Cc2ccccc2)CCO1. The fourth-order valence-corrected chi connectivity index (χ4v) is 3.25. The molecule has 2 unspecified atom stereocenters. The van der Waals surface area contributed by atoms with Gasteiger partial charge in [0.1, 0.15) is 5.02 Å². The van der Waals surface area contributed by atoms with E-state index >= 15 is 0 Å². The Morgan fingerprint density at radius 1 is 1.44 bits per heavy atom. The number of morpholine rings is 1. The van der Waals surface area contributed by atoms with E-state index < -0.39 is 5.56 Å². The smallest absolute Gasteiger partial charge is 0.285 e. The van der Waals surface area contributed by atoms with Gasteiger partial charge in [0, 0.05) is 19.6 Å². The average molecular weight is 363 g/mol. The van der Waals surface area contributed by atoms with E-state index in [9.17, 15) is 4.79 Å². The molecule has 3 rings (SSSR count). The highest BCUT2D eigenvalue weighted by Gasteiger charge is 2.28. The molecule has 0 amide bonds. The normalized spacial score (nSPS) is 19.5. The van der Waals surface area contributed by atoms with Crippen LogP contribution in [-0.2, 0) is 11.3 Å². The van der Waals surface area contributed by atoms with Crippen LogP contribution in [0.3, 0.4) is 0 Å². The summed E-state index contributed by atoms with van der Waals surface area (Å²) in [5, 5.41) is 9.60. The molecule has 1 saturated heterocycles. The number of aromatic nitrogens is 2. The summed E-state index contributed by atoms with van der Waals surface area (Å²) in [5.74, 6) is 0. The van der Waals surface area contributed by atoms with Crippen molar-refractivity contribution in [1.82, 2.24) is 15.1 Å². The minimum absolute atomic E-state index is 0.0258. The first-order chi connectivity index (χ1) is 12.2. The lowest BCUT2D eigenvalue weighted by atomic mass is 10.1. The van der Waals surface area contributed by atoms with E-state index in [1.54, 1.807) is 0 Å². The monoisotopic (exact) mass is 362 g/mol. The lowest BCUT2D eigenvalue weighted by Crippen LogP contribution is -2.49. The van der Waals surface area contributed by atoms with E-state index in [0.29, 0.717) is 12.3 Å². The van der Waals surface area contributed by atoms with Gasteiger partial charge < -0.3 is 10.1 Å². The van der Waals surface area contributed by atoms with E-state index in [-0.39, 0.29) is 17.2 Å². The summed E-state index contributed by atoms with van der Waals surface area (Å²) >= 11 is 6.07. The summed E-state index contributed by atoms with van der Waals surface area (Å²) in [6.45, 7) is 5.43. The number of nitrogens with one attached hydrogen (secondary N) is 2. The van der Waals surface area contributed by atoms with Gasteiger partial charge in [0.25, 0.3) is 5.56 Å². The van der Waals surface area contributed by atoms with Gasteiger partial charge in [0.2, 0.25) is 0 Å².